The predicted molar refractivity (Wildman–Crippen MR) is 73.5 cm³/mol. The van der Waals surface area contributed by atoms with E-state index < -0.39 is 0 Å². The number of aromatic amines is 1. The molecule has 2 atom stereocenters. The minimum Gasteiger partial charge on any atom is -0.375 e. The number of nitrogens with one attached hydrogen (secondary N) is 2. The molecule has 1 saturated heterocycles. The lowest BCUT2D eigenvalue weighted by molar-refractivity contribution is 0.0342. The Morgan fingerprint density at radius 3 is 3.05 bits per heavy atom. The molecule has 1 aliphatic heterocycles. The van der Waals surface area contributed by atoms with Crippen LogP contribution in [0, 0.1) is 0 Å². The van der Waals surface area contributed by atoms with Gasteiger partial charge in [-0.25, -0.2) is 0 Å². The molecule has 3 heterocycles. The zero-order chi connectivity index (χ0) is 13.4. The maximum absolute atomic E-state index is 5.67. The van der Waals surface area contributed by atoms with Crippen molar-refractivity contribution in [3.8, 4) is 0 Å². The number of fused-ring (bicyclic) bond motifs is 1. The van der Waals surface area contributed by atoms with Gasteiger partial charge in [0, 0.05) is 13.6 Å². The Morgan fingerprint density at radius 2 is 2.26 bits per heavy atom. The molecule has 0 saturated carbocycles. The topological polar surface area (TPSA) is 79.0 Å². The van der Waals surface area contributed by atoms with E-state index in [0.717, 1.165) is 23.4 Å². The first-order chi connectivity index (χ1) is 9.19. The highest BCUT2D eigenvalue weighted by molar-refractivity contribution is 5.87. The summed E-state index contributed by atoms with van der Waals surface area (Å²) in [5.41, 5.74) is 0.751. The van der Waals surface area contributed by atoms with Crippen LogP contribution in [0.25, 0.3) is 11.0 Å². The molecule has 2 aromatic heterocycles. The lowest BCUT2D eigenvalue weighted by Crippen LogP contribution is -2.47. The van der Waals surface area contributed by atoms with E-state index in [4.69, 9.17) is 4.74 Å². The lowest BCUT2D eigenvalue weighted by atomic mass is 10.2. The summed E-state index contributed by atoms with van der Waals surface area (Å²) >= 11 is 0. The number of nitrogens with zero attached hydrogens (tertiary/aromatic N) is 4. The number of ether oxygens (including phenoxy) is 1. The molecule has 1 aliphatic rings. The average Bonchev–Trinajstić information content (AvgIpc) is 2.88. The number of H-pyrrole nitrogens is 1. The van der Waals surface area contributed by atoms with Crippen LogP contribution in [-0.2, 0) is 4.74 Å². The van der Waals surface area contributed by atoms with Crippen LogP contribution in [-0.4, -0.2) is 52.5 Å². The minimum absolute atomic E-state index is 0.200. The molecule has 0 aliphatic carbocycles. The summed E-state index contributed by atoms with van der Waals surface area (Å²) in [5, 5.41) is 10.9. The Hall–Kier alpha value is -1.89. The highest BCUT2D eigenvalue weighted by Crippen LogP contribution is 2.27. The van der Waals surface area contributed by atoms with Gasteiger partial charge >= 0.3 is 0 Å². The average molecular weight is 262 g/mol. The second-order valence-corrected chi connectivity index (χ2v) is 4.90. The quantitative estimate of drug-likeness (QED) is 0.841. The monoisotopic (exact) mass is 262 g/mol. The molecular formula is C12H18N6O. The molecule has 0 spiro atoms. The molecule has 0 radical (unpaired) electrons. The number of hydrogen-bond donors (Lipinski definition) is 2. The van der Waals surface area contributed by atoms with Crippen molar-refractivity contribution in [3.63, 3.8) is 0 Å². The Kier molecular flexibility index (Phi) is 2.98. The summed E-state index contributed by atoms with van der Waals surface area (Å²) < 4.78 is 5.67. The number of hydrogen-bond acceptors (Lipinski definition) is 6. The summed E-state index contributed by atoms with van der Waals surface area (Å²) in [6.07, 6.45) is 1.97. The van der Waals surface area contributed by atoms with E-state index in [1.807, 2.05) is 7.05 Å². The van der Waals surface area contributed by atoms with Crippen LogP contribution in [0.1, 0.15) is 13.8 Å². The minimum atomic E-state index is 0.200. The standard InChI is InChI=1S/C12H18N6O/c1-7-6-19-8(2)5-18(7)11-9-4-14-17-10(9)15-12(13-3)16-11/h4,7-8H,5-6H2,1-3H3,(H2,13,14,15,16,17). The number of aromatic nitrogens is 4. The summed E-state index contributed by atoms with van der Waals surface area (Å²) in [6.45, 7) is 5.74. The van der Waals surface area contributed by atoms with Crippen LogP contribution in [0.15, 0.2) is 6.20 Å². The van der Waals surface area contributed by atoms with Gasteiger partial charge in [-0.2, -0.15) is 15.1 Å². The zero-order valence-corrected chi connectivity index (χ0v) is 11.3. The van der Waals surface area contributed by atoms with E-state index in [-0.39, 0.29) is 12.1 Å². The van der Waals surface area contributed by atoms with Crippen molar-refractivity contribution in [2.24, 2.45) is 0 Å². The van der Waals surface area contributed by atoms with Crippen LogP contribution >= 0.6 is 0 Å². The van der Waals surface area contributed by atoms with Crippen molar-refractivity contribution >= 4 is 22.8 Å². The fourth-order valence-electron chi connectivity index (χ4n) is 2.35. The zero-order valence-electron chi connectivity index (χ0n) is 11.3. The van der Waals surface area contributed by atoms with Gasteiger partial charge in [0.1, 0.15) is 5.82 Å². The summed E-state index contributed by atoms with van der Waals surface area (Å²) in [6, 6.07) is 0.286. The van der Waals surface area contributed by atoms with Gasteiger partial charge in [-0.15, -0.1) is 0 Å². The first-order valence-electron chi connectivity index (χ1n) is 6.46. The maximum atomic E-state index is 5.67. The van der Waals surface area contributed by atoms with Gasteiger partial charge in [-0.1, -0.05) is 0 Å². The summed E-state index contributed by atoms with van der Waals surface area (Å²) in [7, 11) is 1.81. The van der Waals surface area contributed by atoms with Crippen LogP contribution in [0.2, 0.25) is 0 Å². The van der Waals surface area contributed by atoms with E-state index in [9.17, 15) is 0 Å². The molecule has 2 N–H and O–H groups in total. The predicted octanol–water partition coefficient (Wildman–Crippen LogP) is 1.01. The van der Waals surface area contributed by atoms with Gasteiger partial charge in [0.25, 0.3) is 0 Å². The third-order valence-corrected chi connectivity index (χ3v) is 3.39. The molecule has 2 unspecified atom stereocenters. The SMILES string of the molecule is CNc1nc(N2CC(C)OCC2C)c2cn[nH]c2n1. The first kappa shape index (κ1) is 12.2. The van der Waals surface area contributed by atoms with E-state index >= 15 is 0 Å². The molecule has 3 rings (SSSR count). The highest BCUT2D eigenvalue weighted by atomic mass is 16.5. The molecule has 0 aromatic carbocycles. The molecule has 7 heteroatoms. The van der Waals surface area contributed by atoms with Crippen molar-refractivity contribution in [2.45, 2.75) is 26.0 Å². The van der Waals surface area contributed by atoms with Crippen LogP contribution in [0.4, 0.5) is 11.8 Å². The molecule has 0 amide bonds. The number of morpholine rings is 1. The van der Waals surface area contributed by atoms with Gasteiger partial charge < -0.3 is 15.0 Å². The fraction of sp³-hybridized carbons (Fsp3) is 0.583. The summed E-state index contributed by atoms with van der Waals surface area (Å²) in [4.78, 5) is 11.2. The third kappa shape index (κ3) is 2.10. The maximum Gasteiger partial charge on any atom is 0.226 e. The number of anilines is 2. The first-order valence-corrected chi connectivity index (χ1v) is 6.46. The Bertz CT molecular complexity index is 583. The summed E-state index contributed by atoms with van der Waals surface area (Å²) in [5.74, 6) is 1.50. The van der Waals surface area contributed by atoms with Crippen LogP contribution in [0.3, 0.4) is 0 Å². The third-order valence-electron chi connectivity index (χ3n) is 3.39. The van der Waals surface area contributed by atoms with E-state index in [0.29, 0.717) is 12.6 Å². The van der Waals surface area contributed by atoms with Crippen molar-refractivity contribution < 1.29 is 4.74 Å². The second kappa shape index (κ2) is 4.65. The smallest absolute Gasteiger partial charge is 0.226 e. The Labute approximate surface area is 111 Å². The Morgan fingerprint density at radius 1 is 1.42 bits per heavy atom. The molecule has 0 bridgehead atoms. The van der Waals surface area contributed by atoms with Gasteiger partial charge in [0.15, 0.2) is 5.65 Å². The highest BCUT2D eigenvalue weighted by Gasteiger charge is 2.27. The molecule has 2 aromatic rings. The van der Waals surface area contributed by atoms with Crippen LogP contribution < -0.4 is 10.2 Å². The van der Waals surface area contributed by atoms with Crippen LogP contribution in [0.5, 0.6) is 0 Å². The second-order valence-electron chi connectivity index (χ2n) is 4.90. The lowest BCUT2D eigenvalue weighted by Gasteiger charge is -2.37. The van der Waals surface area contributed by atoms with Crippen molar-refractivity contribution in [2.75, 3.05) is 30.4 Å². The Balaban J connectivity index is 2.09. The molecular weight excluding hydrogens is 244 g/mol. The molecule has 19 heavy (non-hydrogen) atoms. The normalized spacial score (nSPS) is 23.8. The van der Waals surface area contributed by atoms with Crippen molar-refractivity contribution in [1.29, 1.82) is 0 Å². The largest absolute Gasteiger partial charge is 0.375 e. The molecule has 1 fully saturated rings. The van der Waals surface area contributed by atoms with Gasteiger partial charge in [0.05, 0.1) is 30.3 Å². The van der Waals surface area contributed by atoms with Gasteiger partial charge in [-0.05, 0) is 13.8 Å². The van der Waals surface area contributed by atoms with E-state index in [2.05, 4.69) is 44.2 Å². The molecule has 102 valence electrons. The number of rotatable bonds is 2. The fourth-order valence-corrected chi connectivity index (χ4v) is 2.35. The van der Waals surface area contributed by atoms with Gasteiger partial charge in [0.2, 0.25) is 5.95 Å². The molecule has 7 nitrogen and oxygen atoms in total. The van der Waals surface area contributed by atoms with E-state index in [1.165, 1.54) is 0 Å². The van der Waals surface area contributed by atoms with Crippen molar-refractivity contribution in [1.82, 2.24) is 20.2 Å². The van der Waals surface area contributed by atoms with Crippen molar-refractivity contribution in [3.05, 3.63) is 6.20 Å². The van der Waals surface area contributed by atoms with Gasteiger partial charge in [-0.3, -0.25) is 5.10 Å². The van der Waals surface area contributed by atoms with E-state index in [1.54, 1.807) is 6.20 Å².